The molecular formula is C15H19ClN2O2. The van der Waals surface area contributed by atoms with E-state index in [1.54, 1.807) is 18.2 Å². The number of nitrogens with one attached hydrogen (secondary N) is 2. The molecule has 0 aromatic heterocycles. The molecule has 0 heterocycles. The van der Waals surface area contributed by atoms with Crippen molar-refractivity contribution in [2.75, 3.05) is 11.9 Å². The summed E-state index contributed by atoms with van der Waals surface area (Å²) in [6.45, 7) is 5.69. The Kier molecular flexibility index (Phi) is 5.87. The molecule has 0 fully saturated rings. The van der Waals surface area contributed by atoms with E-state index in [-0.39, 0.29) is 18.2 Å². The van der Waals surface area contributed by atoms with E-state index in [4.69, 9.17) is 16.7 Å². The molecule has 0 saturated carbocycles. The monoisotopic (exact) mass is 294 g/mol. The molecule has 1 aromatic carbocycles. The highest BCUT2D eigenvalue weighted by molar-refractivity contribution is 6.31. The fraction of sp³-hybridized carbons (Fsp3) is 0.400. The number of hydrogen-bond donors (Lipinski definition) is 3. The molecule has 0 aliphatic carbocycles. The predicted molar refractivity (Wildman–Crippen MR) is 81.9 cm³/mol. The molecule has 0 unspecified atom stereocenters. The predicted octanol–water partition coefficient (Wildman–Crippen LogP) is 2.99. The second kappa shape index (κ2) is 7.18. The molecule has 108 valence electrons. The van der Waals surface area contributed by atoms with E-state index in [1.165, 1.54) is 0 Å². The molecule has 0 radical (unpaired) electrons. The summed E-state index contributed by atoms with van der Waals surface area (Å²) in [6.07, 6.45) is 0.385. The number of carbonyl (C=O) groups excluding carboxylic acids is 1. The minimum atomic E-state index is -0.328. The van der Waals surface area contributed by atoms with E-state index < -0.39 is 0 Å². The molecule has 5 heteroatoms. The number of rotatable bonds is 2. The lowest BCUT2D eigenvalue weighted by molar-refractivity contribution is 0.244. The van der Waals surface area contributed by atoms with Crippen LogP contribution in [-0.4, -0.2) is 23.3 Å². The minimum absolute atomic E-state index is 0.00780. The number of hydrogen-bond acceptors (Lipinski definition) is 2. The quantitative estimate of drug-likeness (QED) is 0.734. The van der Waals surface area contributed by atoms with Crippen molar-refractivity contribution in [3.8, 4) is 11.8 Å². The highest BCUT2D eigenvalue weighted by Gasteiger charge is 2.14. The lowest BCUT2D eigenvalue weighted by atomic mass is 10.1. The first-order valence-corrected chi connectivity index (χ1v) is 6.68. The van der Waals surface area contributed by atoms with Gasteiger partial charge in [0.25, 0.3) is 0 Å². The van der Waals surface area contributed by atoms with Crippen LogP contribution in [0.2, 0.25) is 5.02 Å². The number of halogens is 1. The summed E-state index contributed by atoms with van der Waals surface area (Å²) in [5.41, 5.74) is 0.877. The van der Waals surface area contributed by atoms with E-state index in [2.05, 4.69) is 22.5 Å². The SMILES string of the molecule is CC(C)(C)NC(=O)Nc1cc(Cl)ccc1C#CCCO. The van der Waals surface area contributed by atoms with Crippen molar-refractivity contribution in [2.24, 2.45) is 0 Å². The molecule has 3 N–H and O–H groups in total. The number of carbonyl (C=O) groups is 1. The van der Waals surface area contributed by atoms with Gasteiger partial charge in [-0.1, -0.05) is 23.4 Å². The van der Waals surface area contributed by atoms with Crippen molar-refractivity contribution in [3.63, 3.8) is 0 Å². The largest absolute Gasteiger partial charge is 0.395 e. The number of urea groups is 1. The molecule has 0 aliphatic heterocycles. The van der Waals surface area contributed by atoms with Crippen molar-refractivity contribution in [1.29, 1.82) is 0 Å². The van der Waals surface area contributed by atoms with Gasteiger partial charge < -0.3 is 15.7 Å². The molecule has 1 rings (SSSR count). The van der Waals surface area contributed by atoms with E-state index in [9.17, 15) is 4.79 Å². The Morgan fingerprint density at radius 1 is 1.40 bits per heavy atom. The van der Waals surface area contributed by atoms with Crippen LogP contribution in [0.4, 0.5) is 10.5 Å². The Hall–Kier alpha value is -1.70. The molecule has 0 saturated heterocycles. The van der Waals surface area contributed by atoms with Gasteiger partial charge >= 0.3 is 6.03 Å². The summed E-state index contributed by atoms with van der Waals surface area (Å²) in [4.78, 5) is 11.9. The highest BCUT2D eigenvalue weighted by Crippen LogP contribution is 2.20. The lowest BCUT2D eigenvalue weighted by Crippen LogP contribution is -2.43. The third-order valence-electron chi connectivity index (χ3n) is 2.18. The first-order chi connectivity index (χ1) is 9.31. The van der Waals surface area contributed by atoms with Crippen molar-refractivity contribution >= 4 is 23.3 Å². The zero-order valence-corrected chi connectivity index (χ0v) is 12.6. The average Bonchev–Trinajstić information content (AvgIpc) is 2.29. The Labute approximate surface area is 124 Å². The van der Waals surface area contributed by atoms with E-state index in [0.29, 0.717) is 22.7 Å². The molecule has 0 aliphatic rings. The number of anilines is 1. The van der Waals surface area contributed by atoms with Gasteiger partial charge in [0.05, 0.1) is 12.3 Å². The molecule has 0 atom stereocenters. The topological polar surface area (TPSA) is 61.4 Å². The third kappa shape index (κ3) is 5.96. The summed E-state index contributed by atoms with van der Waals surface area (Å²) in [5, 5.41) is 14.8. The smallest absolute Gasteiger partial charge is 0.319 e. The zero-order valence-electron chi connectivity index (χ0n) is 11.9. The van der Waals surface area contributed by atoms with E-state index in [1.807, 2.05) is 20.8 Å². The zero-order chi connectivity index (χ0) is 15.2. The van der Waals surface area contributed by atoms with Gasteiger partial charge in [0.1, 0.15) is 0 Å². The van der Waals surface area contributed by atoms with Crippen LogP contribution in [0.25, 0.3) is 0 Å². The van der Waals surface area contributed by atoms with Crippen LogP contribution in [0.3, 0.4) is 0 Å². The molecule has 0 bridgehead atoms. The maximum atomic E-state index is 11.9. The molecular weight excluding hydrogens is 276 g/mol. The number of benzene rings is 1. The average molecular weight is 295 g/mol. The van der Waals surface area contributed by atoms with E-state index in [0.717, 1.165) is 0 Å². The van der Waals surface area contributed by atoms with Gasteiger partial charge in [0.15, 0.2) is 0 Å². The summed E-state index contributed by atoms with van der Waals surface area (Å²) < 4.78 is 0. The van der Waals surface area contributed by atoms with Gasteiger partial charge in [-0.2, -0.15) is 0 Å². The maximum Gasteiger partial charge on any atom is 0.319 e. The number of aliphatic hydroxyl groups excluding tert-OH is 1. The van der Waals surface area contributed by atoms with Crippen LogP contribution >= 0.6 is 11.6 Å². The molecule has 2 amide bonds. The highest BCUT2D eigenvalue weighted by atomic mass is 35.5. The van der Waals surface area contributed by atoms with Crippen LogP contribution in [-0.2, 0) is 0 Å². The van der Waals surface area contributed by atoms with Crippen molar-refractivity contribution in [1.82, 2.24) is 5.32 Å². The first kappa shape index (κ1) is 16.4. The van der Waals surface area contributed by atoms with Gasteiger partial charge in [-0.15, -0.1) is 0 Å². The van der Waals surface area contributed by atoms with Gasteiger partial charge in [-0.3, -0.25) is 0 Å². The maximum absolute atomic E-state index is 11.9. The van der Waals surface area contributed by atoms with Crippen LogP contribution in [0, 0.1) is 11.8 Å². The summed E-state index contributed by atoms with van der Waals surface area (Å²) in [7, 11) is 0. The second-order valence-electron chi connectivity index (χ2n) is 5.29. The summed E-state index contributed by atoms with van der Waals surface area (Å²) in [5.74, 6) is 5.72. The fourth-order valence-corrected chi connectivity index (χ4v) is 1.61. The Bertz CT molecular complexity index is 539. The molecule has 4 nitrogen and oxygen atoms in total. The first-order valence-electron chi connectivity index (χ1n) is 6.30. The fourth-order valence-electron chi connectivity index (χ4n) is 1.44. The van der Waals surface area contributed by atoms with Crippen LogP contribution in [0.5, 0.6) is 0 Å². The Morgan fingerprint density at radius 3 is 2.70 bits per heavy atom. The van der Waals surface area contributed by atoms with Crippen LogP contribution in [0.15, 0.2) is 18.2 Å². The second-order valence-corrected chi connectivity index (χ2v) is 5.73. The molecule has 20 heavy (non-hydrogen) atoms. The Balaban J connectivity index is 2.90. The minimum Gasteiger partial charge on any atom is -0.395 e. The van der Waals surface area contributed by atoms with Gasteiger partial charge in [0, 0.05) is 22.5 Å². The molecule has 0 spiro atoms. The Morgan fingerprint density at radius 2 is 2.10 bits per heavy atom. The van der Waals surface area contributed by atoms with Crippen molar-refractivity contribution in [3.05, 3.63) is 28.8 Å². The lowest BCUT2D eigenvalue weighted by Gasteiger charge is -2.21. The summed E-state index contributed by atoms with van der Waals surface area (Å²) >= 11 is 5.93. The van der Waals surface area contributed by atoms with Crippen molar-refractivity contribution < 1.29 is 9.90 Å². The van der Waals surface area contributed by atoms with Gasteiger partial charge in [-0.25, -0.2) is 4.79 Å². The molecule has 1 aromatic rings. The van der Waals surface area contributed by atoms with E-state index >= 15 is 0 Å². The normalized spacial score (nSPS) is 10.4. The summed E-state index contributed by atoms with van der Waals surface area (Å²) in [6, 6.07) is 4.77. The van der Waals surface area contributed by atoms with Crippen LogP contribution < -0.4 is 10.6 Å². The van der Waals surface area contributed by atoms with Crippen molar-refractivity contribution in [2.45, 2.75) is 32.7 Å². The number of amides is 2. The third-order valence-corrected chi connectivity index (χ3v) is 2.41. The van der Waals surface area contributed by atoms with Gasteiger partial charge in [-0.05, 0) is 39.0 Å². The number of aliphatic hydroxyl groups is 1. The standard InChI is InChI=1S/C15H19ClN2O2/c1-15(2,3)18-14(20)17-13-10-12(16)8-7-11(13)6-4-5-9-19/h7-8,10,19H,5,9H2,1-3H3,(H2,17,18,20). The van der Waals surface area contributed by atoms with Crippen LogP contribution in [0.1, 0.15) is 32.8 Å². The van der Waals surface area contributed by atoms with Gasteiger partial charge in [0.2, 0.25) is 0 Å².